The van der Waals surface area contributed by atoms with Gasteiger partial charge >= 0.3 is 0 Å². The molecule has 0 aromatic carbocycles. The van der Waals surface area contributed by atoms with E-state index in [1.54, 1.807) is 0 Å². The first-order chi connectivity index (χ1) is 10.0. The fraction of sp³-hybridized carbons (Fsp3) is 0.750. The molecule has 1 aliphatic rings. The van der Waals surface area contributed by atoms with E-state index in [-0.39, 0.29) is 0 Å². The van der Waals surface area contributed by atoms with Gasteiger partial charge in [0.25, 0.3) is 0 Å². The SMILES string of the molecule is CCNc1cc(N2CCN(C(C)C)CC2)nc(C(C)C)n1. The zero-order valence-corrected chi connectivity index (χ0v) is 14.1. The number of hydrogen-bond donors (Lipinski definition) is 1. The molecule has 0 atom stereocenters. The van der Waals surface area contributed by atoms with Gasteiger partial charge in [-0.1, -0.05) is 13.8 Å². The summed E-state index contributed by atoms with van der Waals surface area (Å²) in [7, 11) is 0. The zero-order chi connectivity index (χ0) is 15.4. The molecule has 2 rings (SSSR count). The standard InChI is InChI=1S/C16H29N5/c1-6-17-14-11-15(19-16(18-14)12(2)3)21-9-7-20(8-10-21)13(4)5/h11-13H,6-10H2,1-5H3,(H,17,18,19). The average Bonchev–Trinajstić information content (AvgIpc) is 2.47. The molecule has 5 heteroatoms. The van der Waals surface area contributed by atoms with E-state index in [1.165, 1.54) is 0 Å². The molecule has 0 bridgehead atoms. The molecule has 1 N–H and O–H groups in total. The Morgan fingerprint density at radius 1 is 1.10 bits per heavy atom. The molecule has 5 nitrogen and oxygen atoms in total. The number of piperazine rings is 1. The quantitative estimate of drug-likeness (QED) is 0.903. The molecule has 1 saturated heterocycles. The maximum atomic E-state index is 4.77. The van der Waals surface area contributed by atoms with Crippen molar-refractivity contribution in [2.45, 2.75) is 46.6 Å². The predicted molar refractivity (Wildman–Crippen MR) is 89.2 cm³/mol. The van der Waals surface area contributed by atoms with Crippen LogP contribution in [0.2, 0.25) is 0 Å². The highest BCUT2D eigenvalue weighted by Gasteiger charge is 2.21. The summed E-state index contributed by atoms with van der Waals surface area (Å²) in [6.07, 6.45) is 0. The Morgan fingerprint density at radius 3 is 2.29 bits per heavy atom. The maximum absolute atomic E-state index is 4.77. The number of nitrogens with zero attached hydrogens (tertiary/aromatic N) is 4. The summed E-state index contributed by atoms with van der Waals surface area (Å²) in [5.41, 5.74) is 0. The Kier molecular flexibility index (Phi) is 5.39. The highest BCUT2D eigenvalue weighted by atomic mass is 15.3. The van der Waals surface area contributed by atoms with Gasteiger partial charge in [0.15, 0.2) is 0 Å². The van der Waals surface area contributed by atoms with Crippen LogP contribution in [0.4, 0.5) is 11.6 Å². The Hall–Kier alpha value is -1.36. The molecule has 118 valence electrons. The van der Waals surface area contributed by atoms with E-state index < -0.39 is 0 Å². The minimum Gasteiger partial charge on any atom is -0.370 e. The molecule has 0 unspecified atom stereocenters. The van der Waals surface area contributed by atoms with E-state index in [0.717, 1.165) is 50.2 Å². The van der Waals surface area contributed by atoms with Crippen LogP contribution in [0.15, 0.2) is 6.07 Å². The van der Waals surface area contributed by atoms with Crippen LogP contribution < -0.4 is 10.2 Å². The van der Waals surface area contributed by atoms with Crippen molar-refractivity contribution >= 4 is 11.6 Å². The lowest BCUT2D eigenvalue weighted by atomic mass is 10.2. The van der Waals surface area contributed by atoms with Crippen molar-refractivity contribution in [2.75, 3.05) is 42.9 Å². The van der Waals surface area contributed by atoms with Crippen LogP contribution in [-0.2, 0) is 0 Å². The second kappa shape index (κ2) is 7.07. The molecule has 21 heavy (non-hydrogen) atoms. The van der Waals surface area contributed by atoms with Crippen molar-refractivity contribution in [3.8, 4) is 0 Å². The molecule has 1 aromatic rings. The summed E-state index contributed by atoms with van der Waals surface area (Å²) < 4.78 is 0. The van der Waals surface area contributed by atoms with Crippen molar-refractivity contribution in [3.63, 3.8) is 0 Å². The summed E-state index contributed by atoms with van der Waals surface area (Å²) in [6, 6.07) is 2.71. The number of hydrogen-bond acceptors (Lipinski definition) is 5. The van der Waals surface area contributed by atoms with Crippen LogP contribution in [0.1, 0.15) is 46.4 Å². The summed E-state index contributed by atoms with van der Waals surface area (Å²) in [6.45, 7) is 16.1. The minimum atomic E-state index is 0.347. The predicted octanol–water partition coefficient (Wildman–Crippen LogP) is 2.56. The Balaban J connectivity index is 2.15. The molecule has 0 saturated carbocycles. The van der Waals surface area contributed by atoms with E-state index in [4.69, 9.17) is 4.98 Å². The van der Waals surface area contributed by atoms with Crippen molar-refractivity contribution in [1.29, 1.82) is 0 Å². The molecule has 2 heterocycles. The van der Waals surface area contributed by atoms with Gasteiger partial charge in [0.05, 0.1) is 0 Å². The normalized spacial score (nSPS) is 16.8. The first-order valence-electron chi connectivity index (χ1n) is 8.13. The second-order valence-corrected chi connectivity index (χ2v) is 6.27. The van der Waals surface area contributed by atoms with E-state index >= 15 is 0 Å². The topological polar surface area (TPSA) is 44.3 Å². The molecule has 0 spiro atoms. The molecule has 1 aliphatic heterocycles. The molecule has 0 radical (unpaired) electrons. The molecular weight excluding hydrogens is 262 g/mol. The van der Waals surface area contributed by atoms with Crippen molar-refractivity contribution in [3.05, 3.63) is 11.9 Å². The average molecular weight is 291 g/mol. The monoisotopic (exact) mass is 291 g/mol. The summed E-state index contributed by atoms with van der Waals surface area (Å²) >= 11 is 0. The summed E-state index contributed by atoms with van der Waals surface area (Å²) in [4.78, 5) is 14.3. The fourth-order valence-electron chi connectivity index (χ4n) is 2.61. The first kappa shape index (κ1) is 16.0. The molecule has 0 amide bonds. The largest absolute Gasteiger partial charge is 0.370 e. The smallest absolute Gasteiger partial charge is 0.135 e. The van der Waals surface area contributed by atoms with E-state index in [2.05, 4.69) is 60.8 Å². The highest BCUT2D eigenvalue weighted by molar-refractivity contribution is 5.50. The summed E-state index contributed by atoms with van der Waals surface area (Å²) in [5.74, 6) is 3.28. The van der Waals surface area contributed by atoms with Gasteiger partial charge in [0.1, 0.15) is 17.5 Å². The number of rotatable bonds is 5. The lowest BCUT2D eigenvalue weighted by Gasteiger charge is -2.37. The van der Waals surface area contributed by atoms with Crippen LogP contribution in [-0.4, -0.2) is 53.6 Å². The van der Waals surface area contributed by atoms with Crippen molar-refractivity contribution in [2.24, 2.45) is 0 Å². The number of anilines is 2. The second-order valence-electron chi connectivity index (χ2n) is 6.27. The Morgan fingerprint density at radius 2 is 1.76 bits per heavy atom. The van der Waals surface area contributed by atoms with Gasteiger partial charge in [-0.3, -0.25) is 4.90 Å². The lowest BCUT2D eigenvalue weighted by molar-refractivity contribution is 0.209. The van der Waals surface area contributed by atoms with Crippen LogP contribution in [0, 0.1) is 0 Å². The van der Waals surface area contributed by atoms with Crippen LogP contribution in [0.3, 0.4) is 0 Å². The number of aromatic nitrogens is 2. The van der Waals surface area contributed by atoms with E-state index in [1.807, 2.05) is 0 Å². The Bertz CT molecular complexity index is 450. The Labute approximate surface area is 128 Å². The van der Waals surface area contributed by atoms with Gasteiger partial charge in [0, 0.05) is 50.7 Å². The number of nitrogens with one attached hydrogen (secondary N) is 1. The highest BCUT2D eigenvalue weighted by Crippen LogP contribution is 2.21. The van der Waals surface area contributed by atoms with E-state index in [9.17, 15) is 0 Å². The third kappa shape index (κ3) is 4.06. The van der Waals surface area contributed by atoms with Crippen molar-refractivity contribution in [1.82, 2.24) is 14.9 Å². The van der Waals surface area contributed by atoms with Gasteiger partial charge in [-0.25, -0.2) is 9.97 Å². The first-order valence-corrected chi connectivity index (χ1v) is 8.13. The molecule has 1 fully saturated rings. The third-order valence-corrected chi connectivity index (χ3v) is 3.97. The third-order valence-electron chi connectivity index (χ3n) is 3.97. The van der Waals surface area contributed by atoms with Gasteiger partial charge in [-0.2, -0.15) is 0 Å². The molecule has 0 aliphatic carbocycles. The van der Waals surface area contributed by atoms with Crippen LogP contribution in [0.5, 0.6) is 0 Å². The van der Waals surface area contributed by atoms with Gasteiger partial charge in [-0.15, -0.1) is 0 Å². The van der Waals surface area contributed by atoms with Crippen LogP contribution in [0.25, 0.3) is 0 Å². The van der Waals surface area contributed by atoms with Gasteiger partial charge in [-0.05, 0) is 20.8 Å². The lowest BCUT2D eigenvalue weighted by Crippen LogP contribution is -2.49. The summed E-state index contributed by atoms with van der Waals surface area (Å²) in [5, 5.41) is 3.32. The maximum Gasteiger partial charge on any atom is 0.135 e. The fourth-order valence-corrected chi connectivity index (χ4v) is 2.61. The molecule has 1 aromatic heterocycles. The van der Waals surface area contributed by atoms with Crippen molar-refractivity contribution < 1.29 is 0 Å². The van der Waals surface area contributed by atoms with E-state index in [0.29, 0.717) is 12.0 Å². The molecular formula is C16H29N5. The van der Waals surface area contributed by atoms with Gasteiger partial charge in [0.2, 0.25) is 0 Å². The van der Waals surface area contributed by atoms with Crippen LogP contribution >= 0.6 is 0 Å². The zero-order valence-electron chi connectivity index (χ0n) is 14.1. The van der Waals surface area contributed by atoms with Gasteiger partial charge < -0.3 is 10.2 Å². The minimum absolute atomic E-state index is 0.347.